The average Bonchev–Trinajstić information content (AvgIpc) is 2.89. The van der Waals surface area contributed by atoms with Crippen molar-refractivity contribution >= 4 is 17.7 Å². The van der Waals surface area contributed by atoms with E-state index in [1.807, 2.05) is 13.8 Å². The number of hydrogen-bond acceptors (Lipinski definition) is 3. The zero-order chi connectivity index (χ0) is 13.2. The van der Waals surface area contributed by atoms with Crippen molar-refractivity contribution in [1.82, 2.24) is 0 Å². The first-order chi connectivity index (χ1) is 8.52. The van der Waals surface area contributed by atoms with Gasteiger partial charge in [0.1, 0.15) is 5.25 Å². The van der Waals surface area contributed by atoms with Crippen LogP contribution in [0.4, 0.5) is 0 Å². The number of ether oxygens (including phenoxy) is 1. The van der Waals surface area contributed by atoms with Crippen LogP contribution in [0.2, 0.25) is 0 Å². The molecule has 0 amide bonds. The molecule has 1 spiro atoms. The molecule has 2 rings (SSSR count). The monoisotopic (exact) mass is 272 g/mol. The number of aliphatic carboxylic acids is 1. The van der Waals surface area contributed by atoms with E-state index in [1.54, 1.807) is 11.8 Å². The Morgan fingerprint density at radius 3 is 2.61 bits per heavy atom. The Bertz CT molecular complexity index is 297. The molecule has 2 fully saturated rings. The van der Waals surface area contributed by atoms with E-state index in [0.717, 1.165) is 12.2 Å². The van der Waals surface area contributed by atoms with E-state index in [-0.39, 0.29) is 22.9 Å². The normalized spacial score (nSPS) is 28.1. The van der Waals surface area contributed by atoms with Crippen LogP contribution in [0.1, 0.15) is 52.4 Å². The van der Waals surface area contributed by atoms with Crippen LogP contribution < -0.4 is 0 Å². The van der Waals surface area contributed by atoms with Crippen molar-refractivity contribution in [2.45, 2.75) is 69.3 Å². The lowest BCUT2D eigenvalue weighted by Gasteiger charge is -2.24. The molecule has 2 atom stereocenters. The van der Waals surface area contributed by atoms with Gasteiger partial charge in [0.2, 0.25) is 0 Å². The topological polar surface area (TPSA) is 46.5 Å². The molecule has 1 aliphatic carbocycles. The lowest BCUT2D eigenvalue weighted by molar-refractivity contribution is -0.137. The van der Waals surface area contributed by atoms with Crippen molar-refractivity contribution < 1.29 is 14.6 Å². The molecule has 104 valence electrons. The van der Waals surface area contributed by atoms with Crippen LogP contribution in [0.15, 0.2) is 0 Å². The minimum absolute atomic E-state index is 0.168. The van der Waals surface area contributed by atoms with Gasteiger partial charge in [0.05, 0.1) is 11.7 Å². The lowest BCUT2D eigenvalue weighted by atomic mass is 9.98. The Labute approximate surface area is 114 Å². The van der Waals surface area contributed by atoms with Gasteiger partial charge in [0, 0.05) is 5.75 Å². The molecule has 4 heteroatoms. The number of carbonyl (C=O) groups is 1. The van der Waals surface area contributed by atoms with E-state index in [1.165, 1.54) is 32.1 Å². The number of thioether (sulfide) groups is 1. The van der Waals surface area contributed by atoms with Crippen LogP contribution in [0.5, 0.6) is 0 Å². The smallest absolute Gasteiger partial charge is 0.316 e. The SMILES string of the molecule is CC(C)C(SCC1CCC2(CCCC2)O1)C(=O)O. The second-order valence-corrected chi connectivity index (χ2v) is 7.18. The first-order valence-electron chi connectivity index (χ1n) is 7.05. The van der Waals surface area contributed by atoms with Crippen molar-refractivity contribution in [1.29, 1.82) is 0 Å². The zero-order valence-electron chi connectivity index (χ0n) is 11.4. The van der Waals surface area contributed by atoms with Gasteiger partial charge in [-0.15, -0.1) is 11.8 Å². The van der Waals surface area contributed by atoms with E-state index in [4.69, 9.17) is 9.84 Å². The van der Waals surface area contributed by atoms with Crippen LogP contribution in [0.25, 0.3) is 0 Å². The molecule has 1 saturated heterocycles. The van der Waals surface area contributed by atoms with Crippen LogP contribution in [0.3, 0.4) is 0 Å². The van der Waals surface area contributed by atoms with Crippen LogP contribution in [0, 0.1) is 5.92 Å². The third-order valence-corrected chi connectivity index (χ3v) is 5.83. The first-order valence-corrected chi connectivity index (χ1v) is 8.09. The third kappa shape index (κ3) is 3.21. The number of carboxylic acids is 1. The number of rotatable bonds is 5. The maximum absolute atomic E-state index is 11.1. The summed E-state index contributed by atoms with van der Waals surface area (Å²) in [5.41, 5.74) is 0.168. The summed E-state index contributed by atoms with van der Waals surface area (Å²) < 4.78 is 6.21. The fraction of sp³-hybridized carbons (Fsp3) is 0.929. The maximum Gasteiger partial charge on any atom is 0.316 e. The van der Waals surface area contributed by atoms with E-state index in [0.29, 0.717) is 0 Å². The van der Waals surface area contributed by atoms with E-state index in [9.17, 15) is 4.79 Å². The Balaban J connectivity index is 1.79. The molecule has 0 aromatic rings. The maximum atomic E-state index is 11.1. The van der Waals surface area contributed by atoms with E-state index < -0.39 is 5.97 Å². The second-order valence-electron chi connectivity index (χ2n) is 6.00. The lowest BCUT2D eigenvalue weighted by Crippen LogP contribution is -2.28. The predicted octanol–water partition coefficient (Wildman–Crippen LogP) is 3.32. The minimum atomic E-state index is -0.691. The fourth-order valence-electron chi connectivity index (χ4n) is 3.16. The van der Waals surface area contributed by atoms with Crippen LogP contribution in [-0.2, 0) is 9.53 Å². The molecule has 2 aliphatic rings. The van der Waals surface area contributed by atoms with Gasteiger partial charge in [-0.05, 0) is 31.6 Å². The highest BCUT2D eigenvalue weighted by molar-refractivity contribution is 8.00. The molecule has 2 unspecified atom stereocenters. The summed E-state index contributed by atoms with van der Waals surface area (Å²) in [7, 11) is 0. The quantitative estimate of drug-likeness (QED) is 0.834. The summed E-state index contributed by atoms with van der Waals surface area (Å²) in [6.45, 7) is 3.94. The fourth-order valence-corrected chi connectivity index (χ4v) is 4.34. The molecule has 1 aliphatic heterocycles. The van der Waals surface area contributed by atoms with Crippen LogP contribution >= 0.6 is 11.8 Å². The molecule has 1 saturated carbocycles. The molecule has 0 aromatic carbocycles. The summed E-state index contributed by atoms with van der Waals surface area (Å²) in [6.07, 6.45) is 7.57. The molecule has 1 N–H and O–H groups in total. The Morgan fingerprint density at radius 2 is 2.06 bits per heavy atom. The summed E-state index contributed by atoms with van der Waals surface area (Å²) in [6, 6.07) is 0. The predicted molar refractivity (Wildman–Crippen MR) is 74.0 cm³/mol. The highest BCUT2D eigenvalue weighted by Crippen LogP contribution is 2.44. The average molecular weight is 272 g/mol. The Hall–Kier alpha value is -0.220. The van der Waals surface area contributed by atoms with Crippen molar-refractivity contribution in [3.63, 3.8) is 0 Å². The molecule has 0 radical (unpaired) electrons. The largest absolute Gasteiger partial charge is 0.480 e. The standard InChI is InChI=1S/C14H24O3S/c1-10(2)12(13(15)16)18-9-11-5-8-14(17-11)6-3-4-7-14/h10-12H,3-9H2,1-2H3,(H,15,16). The van der Waals surface area contributed by atoms with Gasteiger partial charge in [0.25, 0.3) is 0 Å². The number of carboxylic acid groups (broad SMARTS) is 1. The van der Waals surface area contributed by atoms with Crippen molar-refractivity contribution in [3.8, 4) is 0 Å². The Morgan fingerprint density at radius 1 is 1.39 bits per heavy atom. The molecule has 0 bridgehead atoms. The van der Waals surface area contributed by atoms with Crippen LogP contribution in [-0.4, -0.2) is 33.8 Å². The summed E-state index contributed by atoms with van der Waals surface area (Å²) in [4.78, 5) is 11.1. The molecule has 3 nitrogen and oxygen atoms in total. The van der Waals surface area contributed by atoms with Gasteiger partial charge in [-0.2, -0.15) is 0 Å². The molecule has 0 aromatic heterocycles. The van der Waals surface area contributed by atoms with E-state index in [2.05, 4.69) is 0 Å². The van der Waals surface area contributed by atoms with Gasteiger partial charge in [-0.1, -0.05) is 26.7 Å². The summed E-state index contributed by atoms with van der Waals surface area (Å²) >= 11 is 1.55. The third-order valence-electron chi connectivity index (χ3n) is 4.16. The summed E-state index contributed by atoms with van der Waals surface area (Å²) in [5.74, 6) is 0.314. The number of hydrogen-bond donors (Lipinski definition) is 1. The van der Waals surface area contributed by atoms with Crippen molar-refractivity contribution in [2.24, 2.45) is 5.92 Å². The van der Waals surface area contributed by atoms with Crippen molar-refractivity contribution in [3.05, 3.63) is 0 Å². The zero-order valence-corrected chi connectivity index (χ0v) is 12.2. The Kier molecular flexibility index (Phi) is 4.59. The van der Waals surface area contributed by atoms with Gasteiger partial charge >= 0.3 is 5.97 Å². The second kappa shape index (κ2) is 5.83. The highest BCUT2D eigenvalue weighted by Gasteiger charge is 2.42. The molecule has 18 heavy (non-hydrogen) atoms. The molecular formula is C14H24O3S. The minimum Gasteiger partial charge on any atom is -0.480 e. The summed E-state index contributed by atoms with van der Waals surface area (Å²) in [5, 5.41) is 8.86. The van der Waals surface area contributed by atoms with E-state index >= 15 is 0 Å². The van der Waals surface area contributed by atoms with Gasteiger partial charge in [0.15, 0.2) is 0 Å². The molecular weight excluding hydrogens is 248 g/mol. The van der Waals surface area contributed by atoms with Crippen molar-refractivity contribution in [2.75, 3.05) is 5.75 Å². The molecule has 1 heterocycles. The van der Waals surface area contributed by atoms with Gasteiger partial charge in [-0.25, -0.2) is 0 Å². The van der Waals surface area contributed by atoms with Gasteiger partial charge < -0.3 is 9.84 Å². The highest BCUT2D eigenvalue weighted by atomic mass is 32.2. The first kappa shape index (κ1) is 14.2. The van der Waals surface area contributed by atoms with Gasteiger partial charge in [-0.3, -0.25) is 4.79 Å².